The van der Waals surface area contributed by atoms with Crippen LogP contribution < -0.4 is 0 Å². The molecular weight excluding hydrogens is 132 g/mol. The quantitative estimate of drug-likeness (QED) is 0.484. The van der Waals surface area contributed by atoms with Crippen molar-refractivity contribution < 1.29 is 18.1 Å². The zero-order chi connectivity index (χ0) is 7.21. The average molecular weight is 142 g/mol. The summed E-state index contributed by atoms with van der Waals surface area (Å²) in [5.74, 6) is -0.201. The lowest BCUT2D eigenvalue weighted by Crippen LogP contribution is -1.97. The Bertz CT molecular complexity index is 113. The maximum absolute atomic E-state index is 9.56. The Morgan fingerprint density at radius 3 is 1.50 bits per heavy atom. The molecule has 0 aromatic carbocycles. The molecule has 0 rings (SSSR count). The second-order valence-electron chi connectivity index (χ2n) is 0.871. The molecule has 52 valence electrons. The van der Waals surface area contributed by atoms with E-state index < -0.39 is 10.1 Å². The molecule has 0 saturated heterocycles. The molecule has 0 saturated carbocycles. The molecular formula is C3H10O4S. The van der Waals surface area contributed by atoms with Gasteiger partial charge in [0, 0.05) is 7.11 Å². The van der Waals surface area contributed by atoms with E-state index in [0.29, 0.717) is 0 Å². The summed E-state index contributed by atoms with van der Waals surface area (Å²) in [6.45, 7) is 1.37. The first-order valence-electron chi connectivity index (χ1n) is 1.96. The van der Waals surface area contributed by atoms with E-state index in [4.69, 9.17) is 9.66 Å². The van der Waals surface area contributed by atoms with Crippen LogP contribution in [0.4, 0.5) is 0 Å². The first-order chi connectivity index (χ1) is 3.56. The van der Waals surface area contributed by atoms with E-state index in [1.807, 2.05) is 0 Å². The molecule has 0 heterocycles. The maximum atomic E-state index is 9.56. The minimum Gasteiger partial charge on any atom is -0.400 e. The minimum absolute atomic E-state index is 0.201. The van der Waals surface area contributed by atoms with E-state index >= 15 is 0 Å². The molecule has 0 spiro atoms. The average Bonchev–Trinajstić information content (AvgIpc) is 1.71. The van der Waals surface area contributed by atoms with Crippen molar-refractivity contribution >= 4 is 10.1 Å². The highest BCUT2D eigenvalue weighted by Crippen LogP contribution is 1.74. The molecule has 0 aliphatic rings. The molecule has 0 atom stereocenters. The van der Waals surface area contributed by atoms with Gasteiger partial charge in [0.1, 0.15) is 0 Å². The molecule has 0 amide bonds. The van der Waals surface area contributed by atoms with Gasteiger partial charge in [-0.05, 0) is 6.92 Å². The molecule has 0 aromatic rings. The Hall–Kier alpha value is -0.130. The van der Waals surface area contributed by atoms with Gasteiger partial charge in [0.2, 0.25) is 0 Å². The summed E-state index contributed by atoms with van der Waals surface area (Å²) in [4.78, 5) is 0. The monoisotopic (exact) mass is 142 g/mol. The van der Waals surface area contributed by atoms with Crippen LogP contribution in [0.5, 0.6) is 0 Å². The fourth-order valence-corrected chi connectivity index (χ4v) is 0. The number of hydrogen-bond acceptors (Lipinski definition) is 3. The highest BCUT2D eigenvalue weighted by atomic mass is 32.2. The van der Waals surface area contributed by atoms with Gasteiger partial charge in [-0.3, -0.25) is 4.55 Å². The smallest absolute Gasteiger partial charge is 0.264 e. The second kappa shape index (κ2) is 5.02. The van der Waals surface area contributed by atoms with E-state index in [1.165, 1.54) is 6.92 Å². The normalized spacial score (nSPS) is 9.50. The van der Waals surface area contributed by atoms with Crippen molar-refractivity contribution in [2.24, 2.45) is 0 Å². The van der Waals surface area contributed by atoms with E-state index in [0.717, 1.165) is 7.11 Å². The first-order valence-corrected chi connectivity index (χ1v) is 3.57. The molecule has 4 nitrogen and oxygen atoms in total. The number of hydrogen-bond donors (Lipinski definition) is 2. The Morgan fingerprint density at radius 1 is 1.38 bits per heavy atom. The Kier molecular flexibility index (Phi) is 6.76. The van der Waals surface area contributed by atoms with Gasteiger partial charge in [-0.2, -0.15) is 8.42 Å². The number of aliphatic hydroxyl groups excluding tert-OH is 1. The fourth-order valence-electron chi connectivity index (χ4n) is 0. The van der Waals surface area contributed by atoms with Crippen LogP contribution in [-0.2, 0) is 10.1 Å². The molecule has 0 fully saturated rings. The van der Waals surface area contributed by atoms with Gasteiger partial charge in [0.15, 0.2) is 0 Å². The SMILES string of the molecule is CCS(=O)(=O)O.CO. The standard InChI is InChI=1S/C2H6O3S.CH4O/c1-2-6(3,4)5;1-2/h2H2,1H3,(H,3,4,5);2H,1H3. The molecule has 0 aliphatic heterocycles. The third-order valence-electron chi connectivity index (χ3n) is 0.365. The molecule has 0 radical (unpaired) electrons. The van der Waals surface area contributed by atoms with Crippen molar-refractivity contribution in [2.45, 2.75) is 6.92 Å². The summed E-state index contributed by atoms with van der Waals surface area (Å²) < 4.78 is 26.9. The third-order valence-corrected chi connectivity index (χ3v) is 1.09. The summed E-state index contributed by atoms with van der Waals surface area (Å²) in [6, 6.07) is 0. The highest BCUT2D eigenvalue weighted by Gasteiger charge is 1.93. The van der Waals surface area contributed by atoms with Crippen molar-refractivity contribution in [3.8, 4) is 0 Å². The summed E-state index contributed by atoms with van der Waals surface area (Å²) in [5, 5.41) is 7.00. The largest absolute Gasteiger partial charge is 0.400 e. The fraction of sp³-hybridized carbons (Fsp3) is 1.00. The summed E-state index contributed by atoms with van der Waals surface area (Å²) in [7, 11) is -2.66. The topological polar surface area (TPSA) is 74.6 Å². The van der Waals surface area contributed by atoms with Crippen LogP contribution >= 0.6 is 0 Å². The van der Waals surface area contributed by atoms with Crippen molar-refractivity contribution in [1.82, 2.24) is 0 Å². The van der Waals surface area contributed by atoms with Gasteiger partial charge in [0.05, 0.1) is 5.75 Å². The Morgan fingerprint density at radius 2 is 1.50 bits per heavy atom. The zero-order valence-corrected chi connectivity index (χ0v) is 5.64. The highest BCUT2D eigenvalue weighted by molar-refractivity contribution is 7.85. The molecule has 0 aromatic heterocycles. The van der Waals surface area contributed by atoms with Crippen LogP contribution in [0, 0.1) is 0 Å². The minimum atomic E-state index is -3.66. The summed E-state index contributed by atoms with van der Waals surface area (Å²) >= 11 is 0. The lowest BCUT2D eigenvalue weighted by Gasteiger charge is -1.79. The van der Waals surface area contributed by atoms with Crippen LogP contribution in [-0.4, -0.2) is 30.9 Å². The zero-order valence-electron chi connectivity index (χ0n) is 4.83. The lowest BCUT2D eigenvalue weighted by molar-refractivity contribution is 0.399. The Labute approximate surface area is 48.9 Å². The van der Waals surface area contributed by atoms with Gasteiger partial charge in [-0.25, -0.2) is 0 Å². The predicted octanol–water partition coefficient (Wildman–Crippen LogP) is -0.497. The molecule has 8 heavy (non-hydrogen) atoms. The van der Waals surface area contributed by atoms with Crippen molar-refractivity contribution in [2.75, 3.05) is 12.9 Å². The van der Waals surface area contributed by atoms with Gasteiger partial charge in [0.25, 0.3) is 10.1 Å². The maximum Gasteiger partial charge on any atom is 0.264 e. The molecule has 5 heteroatoms. The van der Waals surface area contributed by atoms with Gasteiger partial charge < -0.3 is 5.11 Å². The number of rotatable bonds is 1. The Balaban J connectivity index is 0. The molecule has 0 bridgehead atoms. The number of aliphatic hydroxyl groups is 1. The third kappa shape index (κ3) is 16.9. The predicted molar refractivity (Wildman–Crippen MR) is 30.2 cm³/mol. The van der Waals surface area contributed by atoms with E-state index in [9.17, 15) is 8.42 Å². The van der Waals surface area contributed by atoms with Crippen molar-refractivity contribution in [1.29, 1.82) is 0 Å². The van der Waals surface area contributed by atoms with E-state index in [-0.39, 0.29) is 5.75 Å². The molecule has 2 N–H and O–H groups in total. The van der Waals surface area contributed by atoms with E-state index in [1.54, 1.807) is 0 Å². The second-order valence-corrected chi connectivity index (χ2v) is 2.61. The van der Waals surface area contributed by atoms with Crippen LogP contribution in [0.25, 0.3) is 0 Å². The van der Waals surface area contributed by atoms with Gasteiger partial charge in [-0.1, -0.05) is 0 Å². The van der Waals surface area contributed by atoms with E-state index in [2.05, 4.69) is 0 Å². The van der Waals surface area contributed by atoms with Crippen LogP contribution in [0.1, 0.15) is 6.92 Å². The molecule has 0 unspecified atom stereocenters. The van der Waals surface area contributed by atoms with Crippen molar-refractivity contribution in [3.63, 3.8) is 0 Å². The lowest BCUT2D eigenvalue weighted by atomic mass is 11.0. The summed E-state index contributed by atoms with van der Waals surface area (Å²) in [5.41, 5.74) is 0. The van der Waals surface area contributed by atoms with Crippen LogP contribution in [0.3, 0.4) is 0 Å². The van der Waals surface area contributed by atoms with Gasteiger partial charge >= 0.3 is 0 Å². The summed E-state index contributed by atoms with van der Waals surface area (Å²) in [6.07, 6.45) is 0. The van der Waals surface area contributed by atoms with Crippen molar-refractivity contribution in [3.05, 3.63) is 0 Å². The van der Waals surface area contributed by atoms with Crippen LogP contribution in [0.15, 0.2) is 0 Å². The first kappa shape index (κ1) is 10.8. The van der Waals surface area contributed by atoms with Gasteiger partial charge in [-0.15, -0.1) is 0 Å². The molecule has 0 aliphatic carbocycles. The van der Waals surface area contributed by atoms with Crippen LogP contribution in [0.2, 0.25) is 0 Å².